The van der Waals surface area contributed by atoms with Crippen LogP contribution in [-0.4, -0.2) is 15.1 Å². The number of benzene rings is 1. The van der Waals surface area contributed by atoms with E-state index in [1.165, 1.54) is 6.92 Å². The second kappa shape index (κ2) is 3.63. The molecule has 2 rings (SSSR count). The fraction of sp³-hybridized carbons (Fsp3) is 0.333. The van der Waals surface area contributed by atoms with Crippen molar-refractivity contribution in [1.29, 1.82) is 0 Å². The molecule has 0 atom stereocenters. The number of aryl methyl sites for hydroxylation is 1. The zero-order valence-corrected chi connectivity index (χ0v) is 9.65. The number of ketones is 1. The molecule has 0 saturated heterocycles. The molecule has 0 N–H and O–H groups in total. The maximum absolute atomic E-state index is 12.0. The number of rotatable bonds is 2. The van der Waals surface area contributed by atoms with Gasteiger partial charge in [-0.3, -0.25) is 19.0 Å². The Morgan fingerprint density at radius 2 is 2.06 bits per heavy atom. The SMILES string of the molecule is CCn1c(=O)c2cccc(C(C)=O)c2n1C. The Hall–Kier alpha value is -1.84. The monoisotopic (exact) mass is 218 g/mol. The second-order valence-electron chi connectivity index (χ2n) is 3.80. The van der Waals surface area contributed by atoms with Crippen molar-refractivity contribution in [1.82, 2.24) is 9.36 Å². The minimum absolute atomic E-state index is 0.0190. The molecule has 0 radical (unpaired) electrons. The summed E-state index contributed by atoms with van der Waals surface area (Å²) in [6, 6.07) is 5.26. The minimum atomic E-state index is -0.0388. The molecule has 1 aromatic carbocycles. The van der Waals surface area contributed by atoms with Gasteiger partial charge in [-0.2, -0.15) is 0 Å². The summed E-state index contributed by atoms with van der Waals surface area (Å²) in [6.45, 7) is 4.03. The van der Waals surface area contributed by atoms with Crippen LogP contribution in [0.25, 0.3) is 10.9 Å². The summed E-state index contributed by atoms with van der Waals surface area (Å²) >= 11 is 0. The van der Waals surface area contributed by atoms with Crippen molar-refractivity contribution < 1.29 is 4.79 Å². The molecule has 0 saturated carbocycles. The summed E-state index contributed by atoms with van der Waals surface area (Å²) in [5.41, 5.74) is 1.29. The highest BCUT2D eigenvalue weighted by Gasteiger charge is 2.14. The van der Waals surface area contributed by atoms with E-state index in [0.717, 1.165) is 5.52 Å². The van der Waals surface area contributed by atoms with E-state index in [4.69, 9.17) is 0 Å². The van der Waals surface area contributed by atoms with Crippen molar-refractivity contribution >= 4 is 16.7 Å². The van der Waals surface area contributed by atoms with E-state index in [9.17, 15) is 9.59 Å². The van der Waals surface area contributed by atoms with Gasteiger partial charge in [-0.25, -0.2) is 0 Å². The van der Waals surface area contributed by atoms with Crippen LogP contribution in [0.4, 0.5) is 0 Å². The van der Waals surface area contributed by atoms with E-state index < -0.39 is 0 Å². The Kier molecular flexibility index (Phi) is 2.42. The van der Waals surface area contributed by atoms with Crippen LogP contribution in [0.2, 0.25) is 0 Å². The molecule has 0 aliphatic rings. The molecule has 84 valence electrons. The lowest BCUT2D eigenvalue weighted by atomic mass is 10.1. The highest BCUT2D eigenvalue weighted by atomic mass is 16.1. The Morgan fingerprint density at radius 1 is 1.38 bits per heavy atom. The maximum Gasteiger partial charge on any atom is 0.274 e. The molecule has 0 spiro atoms. The first-order valence-electron chi connectivity index (χ1n) is 5.27. The fourth-order valence-electron chi connectivity index (χ4n) is 2.10. The third-order valence-electron chi connectivity index (χ3n) is 2.87. The van der Waals surface area contributed by atoms with Gasteiger partial charge in [0.15, 0.2) is 5.78 Å². The normalized spacial score (nSPS) is 10.9. The quantitative estimate of drug-likeness (QED) is 0.718. The van der Waals surface area contributed by atoms with Gasteiger partial charge in [0, 0.05) is 19.2 Å². The lowest BCUT2D eigenvalue weighted by molar-refractivity contribution is 0.101. The van der Waals surface area contributed by atoms with Crippen LogP contribution in [-0.2, 0) is 13.6 Å². The van der Waals surface area contributed by atoms with Crippen molar-refractivity contribution in [2.75, 3.05) is 0 Å². The van der Waals surface area contributed by atoms with Crippen LogP contribution >= 0.6 is 0 Å². The van der Waals surface area contributed by atoms with E-state index >= 15 is 0 Å². The highest BCUT2D eigenvalue weighted by molar-refractivity contribution is 6.05. The molecule has 4 nitrogen and oxygen atoms in total. The standard InChI is InChI=1S/C12H14N2O2/c1-4-14-12(16)10-7-5-6-9(8(2)15)11(10)13(14)3/h5-7H,4H2,1-3H3. The fourth-order valence-corrected chi connectivity index (χ4v) is 2.10. The highest BCUT2D eigenvalue weighted by Crippen LogP contribution is 2.16. The largest absolute Gasteiger partial charge is 0.294 e. The van der Waals surface area contributed by atoms with Gasteiger partial charge in [-0.15, -0.1) is 0 Å². The van der Waals surface area contributed by atoms with Gasteiger partial charge >= 0.3 is 0 Å². The van der Waals surface area contributed by atoms with Crippen LogP contribution < -0.4 is 5.56 Å². The van der Waals surface area contributed by atoms with Gasteiger partial charge in [-0.1, -0.05) is 6.07 Å². The number of fused-ring (bicyclic) bond motifs is 1. The van der Waals surface area contributed by atoms with E-state index in [2.05, 4.69) is 0 Å². The topological polar surface area (TPSA) is 44.0 Å². The van der Waals surface area contributed by atoms with Crippen LogP contribution in [0.1, 0.15) is 24.2 Å². The Labute approximate surface area is 93.1 Å². The smallest absolute Gasteiger partial charge is 0.274 e. The van der Waals surface area contributed by atoms with E-state index in [0.29, 0.717) is 17.5 Å². The lowest BCUT2D eigenvalue weighted by Crippen LogP contribution is -2.19. The molecule has 1 heterocycles. The minimum Gasteiger partial charge on any atom is -0.294 e. The van der Waals surface area contributed by atoms with Crippen molar-refractivity contribution in [2.24, 2.45) is 7.05 Å². The molecule has 1 aromatic heterocycles. The second-order valence-corrected chi connectivity index (χ2v) is 3.80. The molecule has 4 heteroatoms. The Bertz CT molecular complexity index is 620. The first-order chi connectivity index (χ1) is 7.57. The molecule has 0 unspecified atom stereocenters. The maximum atomic E-state index is 12.0. The van der Waals surface area contributed by atoms with Gasteiger partial charge in [0.05, 0.1) is 10.9 Å². The predicted octanol–water partition coefficient (Wildman–Crippen LogP) is 1.56. The number of aromatic nitrogens is 2. The number of para-hydroxylation sites is 1. The summed E-state index contributed by atoms with van der Waals surface area (Å²) in [7, 11) is 1.81. The summed E-state index contributed by atoms with van der Waals surface area (Å²) in [6.07, 6.45) is 0. The van der Waals surface area contributed by atoms with Crippen LogP contribution in [0.15, 0.2) is 23.0 Å². The zero-order chi connectivity index (χ0) is 11.9. The van der Waals surface area contributed by atoms with Crippen molar-refractivity contribution in [3.63, 3.8) is 0 Å². The number of Topliss-reactive ketones (excluding diaryl/α,β-unsaturated/α-hetero) is 1. The Balaban J connectivity index is 2.99. The number of nitrogens with zero attached hydrogens (tertiary/aromatic N) is 2. The summed E-state index contributed by atoms with van der Waals surface area (Å²) in [4.78, 5) is 23.5. The summed E-state index contributed by atoms with van der Waals surface area (Å²) in [5.74, 6) is -0.0190. The molecule has 16 heavy (non-hydrogen) atoms. The van der Waals surface area contributed by atoms with Crippen molar-refractivity contribution in [2.45, 2.75) is 20.4 Å². The van der Waals surface area contributed by atoms with Gasteiger partial charge in [0.2, 0.25) is 0 Å². The molecular formula is C12H14N2O2. The number of hydrogen-bond acceptors (Lipinski definition) is 2. The van der Waals surface area contributed by atoms with Crippen LogP contribution in [0.3, 0.4) is 0 Å². The summed E-state index contributed by atoms with van der Waals surface area (Å²) < 4.78 is 3.38. The summed E-state index contributed by atoms with van der Waals surface area (Å²) in [5, 5.41) is 0.608. The van der Waals surface area contributed by atoms with Gasteiger partial charge in [0.25, 0.3) is 5.56 Å². The number of hydrogen-bond donors (Lipinski definition) is 0. The molecular weight excluding hydrogens is 204 g/mol. The Morgan fingerprint density at radius 3 is 2.62 bits per heavy atom. The first kappa shape index (κ1) is 10.7. The molecule has 0 amide bonds. The lowest BCUT2D eigenvalue weighted by Gasteiger charge is -2.05. The molecule has 2 aromatic rings. The average Bonchev–Trinajstić information content (AvgIpc) is 2.51. The van der Waals surface area contributed by atoms with E-state index in [1.54, 1.807) is 34.6 Å². The zero-order valence-electron chi connectivity index (χ0n) is 9.65. The van der Waals surface area contributed by atoms with E-state index in [1.807, 2.05) is 6.92 Å². The number of carbonyl (C=O) groups is 1. The van der Waals surface area contributed by atoms with Gasteiger partial charge in [0.1, 0.15) is 0 Å². The van der Waals surface area contributed by atoms with E-state index in [-0.39, 0.29) is 11.3 Å². The molecule has 0 aliphatic heterocycles. The van der Waals surface area contributed by atoms with Crippen LogP contribution in [0.5, 0.6) is 0 Å². The van der Waals surface area contributed by atoms with Crippen LogP contribution in [0, 0.1) is 0 Å². The third-order valence-corrected chi connectivity index (χ3v) is 2.87. The van der Waals surface area contributed by atoms with Gasteiger partial charge < -0.3 is 0 Å². The molecule has 0 bridgehead atoms. The number of carbonyl (C=O) groups excluding carboxylic acids is 1. The van der Waals surface area contributed by atoms with Gasteiger partial charge in [-0.05, 0) is 26.0 Å². The average molecular weight is 218 g/mol. The first-order valence-corrected chi connectivity index (χ1v) is 5.27. The predicted molar refractivity (Wildman–Crippen MR) is 62.9 cm³/mol. The van der Waals surface area contributed by atoms with Crippen molar-refractivity contribution in [3.05, 3.63) is 34.1 Å². The molecule has 0 fully saturated rings. The van der Waals surface area contributed by atoms with Crippen molar-refractivity contribution in [3.8, 4) is 0 Å². The third kappa shape index (κ3) is 1.30. The molecule has 0 aliphatic carbocycles.